The largest absolute Gasteiger partial charge is 0.370 e. The molecule has 3 nitrogen and oxygen atoms in total. The average molecular weight is 351 g/mol. The minimum atomic E-state index is 0. The smallest absolute Gasteiger partial charge is 0.191 e. The maximum atomic E-state index is 6.09. The van der Waals surface area contributed by atoms with Crippen molar-refractivity contribution in [2.45, 2.75) is 57.9 Å². The predicted octanol–water partition coefficient (Wildman–Crippen LogP) is 2.98. The molecular formula is C13H26IN3. The molecule has 0 spiro atoms. The third kappa shape index (κ3) is 4.64. The standard InChI is InChI=1S/C13H25N3.HI/c1-2-7-11-10-12(11)15-13(14)16-8-5-3-4-6-9-16;/h11-12H,2-10H2,1H3,(H2,14,15);1H/t11-,12-;/m1./s1. The van der Waals surface area contributed by atoms with Gasteiger partial charge in [-0.05, 0) is 31.6 Å². The second-order valence-electron chi connectivity index (χ2n) is 5.24. The first-order chi connectivity index (χ1) is 7.81. The van der Waals surface area contributed by atoms with Gasteiger partial charge < -0.3 is 10.6 Å². The molecule has 100 valence electrons. The van der Waals surface area contributed by atoms with E-state index in [1.165, 1.54) is 44.9 Å². The molecule has 0 aromatic heterocycles. The Bertz CT molecular complexity index is 247. The summed E-state index contributed by atoms with van der Waals surface area (Å²) < 4.78 is 0. The van der Waals surface area contributed by atoms with Crippen molar-refractivity contribution in [3.63, 3.8) is 0 Å². The molecule has 1 aliphatic heterocycles. The number of nitrogens with two attached hydrogens (primary N) is 1. The Morgan fingerprint density at radius 2 is 1.88 bits per heavy atom. The van der Waals surface area contributed by atoms with Gasteiger partial charge in [0.15, 0.2) is 5.96 Å². The zero-order chi connectivity index (χ0) is 11.4. The lowest BCUT2D eigenvalue weighted by Gasteiger charge is -2.21. The zero-order valence-corrected chi connectivity index (χ0v) is 13.2. The first-order valence-corrected chi connectivity index (χ1v) is 6.89. The molecule has 1 saturated heterocycles. The van der Waals surface area contributed by atoms with Gasteiger partial charge in [-0.3, -0.25) is 0 Å². The minimum Gasteiger partial charge on any atom is -0.370 e. The number of guanidine groups is 1. The molecule has 2 fully saturated rings. The minimum absolute atomic E-state index is 0. The number of nitrogens with zero attached hydrogens (tertiary/aromatic N) is 2. The van der Waals surface area contributed by atoms with Crippen LogP contribution in [0.2, 0.25) is 0 Å². The van der Waals surface area contributed by atoms with E-state index in [4.69, 9.17) is 5.73 Å². The lowest BCUT2D eigenvalue weighted by molar-refractivity contribution is 0.428. The monoisotopic (exact) mass is 351 g/mol. The van der Waals surface area contributed by atoms with Gasteiger partial charge in [0.25, 0.3) is 0 Å². The van der Waals surface area contributed by atoms with Gasteiger partial charge in [-0.1, -0.05) is 26.2 Å². The van der Waals surface area contributed by atoms with Crippen LogP contribution < -0.4 is 5.73 Å². The molecule has 17 heavy (non-hydrogen) atoms. The average Bonchev–Trinajstić information content (AvgIpc) is 3.02. The highest BCUT2D eigenvalue weighted by atomic mass is 127. The normalized spacial score (nSPS) is 29.5. The molecule has 0 aromatic rings. The third-order valence-corrected chi connectivity index (χ3v) is 3.77. The van der Waals surface area contributed by atoms with E-state index in [0.717, 1.165) is 25.0 Å². The van der Waals surface area contributed by atoms with Crippen molar-refractivity contribution >= 4 is 29.9 Å². The highest BCUT2D eigenvalue weighted by molar-refractivity contribution is 14.0. The Morgan fingerprint density at radius 1 is 1.24 bits per heavy atom. The summed E-state index contributed by atoms with van der Waals surface area (Å²) in [5.41, 5.74) is 6.09. The van der Waals surface area contributed by atoms with Gasteiger partial charge in [0.2, 0.25) is 0 Å². The summed E-state index contributed by atoms with van der Waals surface area (Å²) in [7, 11) is 0. The Balaban J connectivity index is 0.00000144. The number of halogens is 1. The molecule has 2 atom stereocenters. The van der Waals surface area contributed by atoms with Crippen molar-refractivity contribution in [1.82, 2.24) is 4.90 Å². The Hall–Kier alpha value is 0. The lowest BCUT2D eigenvalue weighted by atomic mass is 10.2. The summed E-state index contributed by atoms with van der Waals surface area (Å²) >= 11 is 0. The van der Waals surface area contributed by atoms with Crippen LogP contribution in [0.4, 0.5) is 0 Å². The molecule has 0 unspecified atom stereocenters. The number of aliphatic imine (C=N–C) groups is 1. The van der Waals surface area contributed by atoms with Crippen LogP contribution in [0.15, 0.2) is 4.99 Å². The molecule has 2 rings (SSSR count). The Kier molecular flexibility index (Phi) is 6.59. The van der Waals surface area contributed by atoms with Gasteiger partial charge >= 0.3 is 0 Å². The highest BCUT2D eigenvalue weighted by Crippen LogP contribution is 2.37. The van der Waals surface area contributed by atoms with Crippen LogP contribution in [0.1, 0.15) is 51.9 Å². The molecular weight excluding hydrogens is 325 g/mol. The van der Waals surface area contributed by atoms with Crippen LogP contribution in [-0.4, -0.2) is 30.0 Å². The Morgan fingerprint density at radius 3 is 2.47 bits per heavy atom. The molecule has 2 N–H and O–H groups in total. The van der Waals surface area contributed by atoms with Crippen molar-refractivity contribution in [3.8, 4) is 0 Å². The van der Waals surface area contributed by atoms with E-state index < -0.39 is 0 Å². The number of hydrogen-bond donors (Lipinski definition) is 1. The van der Waals surface area contributed by atoms with Crippen molar-refractivity contribution in [3.05, 3.63) is 0 Å². The van der Waals surface area contributed by atoms with E-state index in [0.29, 0.717) is 6.04 Å². The van der Waals surface area contributed by atoms with Gasteiger partial charge in [-0.15, -0.1) is 24.0 Å². The van der Waals surface area contributed by atoms with E-state index in [1.54, 1.807) is 0 Å². The summed E-state index contributed by atoms with van der Waals surface area (Å²) in [6, 6.07) is 0.545. The van der Waals surface area contributed by atoms with Gasteiger partial charge in [-0.2, -0.15) is 0 Å². The fraction of sp³-hybridized carbons (Fsp3) is 0.923. The fourth-order valence-corrected chi connectivity index (χ4v) is 2.62. The van der Waals surface area contributed by atoms with Crippen molar-refractivity contribution < 1.29 is 0 Å². The summed E-state index contributed by atoms with van der Waals surface area (Å²) in [5, 5.41) is 0. The second kappa shape index (κ2) is 7.44. The van der Waals surface area contributed by atoms with E-state index in [-0.39, 0.29) is 24.0 Å². The first-order valence-electron chi connectivity index (χ1n) is 6.89. The SMILES string of the molecule is CCC[C@@H]1C[C@H]1N=C(N)N1CCCCCC1.I. The summed E-state index contributed by atoms with van der Waals surface area (Å²) in [6.07, 6.45) is 9.13. The van der Waals surface area contributed by atoms with Crippen LogP contribution in [-0.2, 0) is 0 Å². The summed E-state index contributed by atoms with van der Waals surface area (Å²) in [4.78, 5) is 6.96. The third-order valence-electron chi connectivity index (χ3n) is 3.77. The zero-order valence-electron chi connectivity index (χ0n) is 10.9. The number of likely N-dealkylation sites (tertiary alicyclic amines) is 1. The molecule has 0 amide bonds. The number of hydrogen-bond acceptors (Lipinski definition) is 1. The number of rotatable bonds is 3. The van der Waals surface area contributed by atoms with Crippen LogP contribution >= 0.6 is 24.0 Å². The van der Waals surface area contributed by atoms with Crippen molar-refractivity contribution in [2.24, 2.45) is 16.6 Å². The van der Waals surface area contributed by atoms with Gasteiger partial charge in [-0.25, -0.2) is 4.99 Å². The molecule has 1 heterocycles. The van der Waals surface area contributed by atoms with Crippen LogP contribution in [0.3, 0.4) is 0 Å². The van der Waals surface area contributed by atoms with Gasteiger partial charge in [0, 0.05) is 13.1 Å². The second-order valence-corrected chi connectivity index (χ2v) is 5.24. The molecule has 4 heteroatoms. The van der Waals surface area contributed by atoms with E-state index >= 15 is 0 Å². The van der Waals surface area contributed by atoms with Gasteiger partial charge in [0.1, 0.15) is 0 Å². The Labute approximate surface area is 122 Å². The molecule has 1 saturated carbocycles. The van der Waals surface area contributed by atoms with E-state index in [9.17, 15) is 0 Å². The van der Waals surface area contributed by atoms with Crippen LogP contribution in [0.5, 0.6) is 0 Å². The van der Waals surface area contributed by atoms with E-state index in [1.807, 2.05) is 0 Å². The summed E-state index contributed by atoms with van der Waals surface area (Å²) in [6.45, 7) is 4.47. The van der Waals surface area contributed by atoms with Gasteiger partial charge in [0.05, 0.1) is 6.04 Å². The molecule has 2 aliphatic rings. The fourth-order valence-electron chi connectivity index (χ4n) is 2.62. The first kappa shape index (κ1) is 15.1. The van der Waals surface area contributed by atoms with Crippen LogP contribution in [0.25, 0.3) is 0 Å². The van der Waals surface area contributed by atoms with Crippen molar-refractivity contribution in [2.75, 3.05) is 13.1 Å². The molecule has 0 bridgehead atoms. The van der Waals surface area contributed by atoms with Crippen molar-refractivity contribution in [1.29, 1.82) is 0 Å². The topological polar surface area (TPSA) is 41.6 Å². The summed E-state index contributed by atoms with van der Waals surface area (Å²) in [5.74, 6) is 1.64. The van der Waals surface area contributed by atoms with Crippen LogP contribution in [0, 0.1) is 5.92 Å². The molecule has 0 radical (unpaired) electrons. The molecule has 0 aromatic carbocycles. The van der Waals surface area contributed by atoms with E-state index in [2.05, 4.69) is 16.8 Å². The highest BCUT2D eigenvalue weighted by Gasteiger charge is 2.36. The lowest BCUT2D eigenvalue weighted by Crippen LogP contribution is -2.38. The quantitative estimate of drug-likeness (QED) is 0.483. The maximum absolute atomic E-state index is 6.09. The maximum Gasteiger partial charge on any atom is 0.191 e. The molecule has 1 aliphatic carbocycles. The predicted molar refractivity (Wildman–Crippen MR) is 83.9 cm³/mol.